The van der Waals surface area contributed by atoms with E-state index in [1.54, 1.807) is 6.07 Å². The molecule has 0 aliphatic rings. The van der Waals surface area contributed by atoms with Crippen molar-refractivity contribution in [1.82, 2.24) is 20.2 Å². The van der Waals surface area contributed by atoms with Crippen LogP contribution in [0, 0.1) is 0 Å². The third-order valence-corrected chi connectivity index (χ3v) is 4.56. The molecular weight excluding hydrogens is 334 g/mol. The van der Waals surface area contributed by atoms with Crippen LogP contribution in [0.25, 0.3) is 11.0 Å². The Bertz CT molecular complexity index is 852. The number of nitrogens with two attached hydrogens (primary N) is 1. The summed E-state index contributed by atoms with van der Waals surface area (Å²) in [4.78, 5) is 21.2. The van der Waals surface area contributed by atoms with E-state index in [0.29, 0.717) is 32.1 Å². The fraction of sp³-hybridized carbons (Fsp3) is 0.214. The summed E-state index contributed by atoms with van der Waals surface area (Å²) in [5.74, 6) is -0.495. The first-order chi connectivity index (χ1) is 11.2. The molecular formula is C14H13N5O2S2. The Morgan fingerprint density at radius 1 is 1.26 bits per heavy atom. The Morgan fingerprint density at radius 2 is 2.00 bits per heavy atom. The van der Waals surface area contributed by atoms with Gasteiger partial charge in [0.05, 0.1) is 17.6 Å². The molecule has 0 bridgehead atoms. The molecule has 9 heteroatoms. The third-order valence-electron chi connectivity index (χ3n) is 2.78. The second kappa shape index (κ2) is 6.88. The van der Waals surface area contributed by atoms with Gasteiger partial charge in [-0.1, -0.05) is 30.4 Å². The van der Waals surface area contributed by atoms with Gasteiger partial charge in [-0.25, -0.2) is 14.8 Å². The Hall–Kier alpha value is -2.26. The van der Waals surface area contributed by atoms with Gasteiger partial charge < -0.3 is 10.5 Å². The maximum atomic E-state index is 12.3. The molecule has 3 aromatic rings. The zero-order chi connectivity index (χ0) is 16.2. The monoisotopic (exact) mass is 347 g/mol. The number of benzene rings is 1. The van der Waals surface area contributed by atoms with E-state index in [1.807, 2.05) is 25.1 Å². The molecule has 7 nitrogen and oxygen atoms in total. The van der Waals surface area contributed by atoms with Gasteiger partial charge in [0, 0.05) is 0 Å². The Morgan fingerprint density at radius 3 is 2.65 bits per heavy atom. The van der Waals surface area contributed by atoms with Crippen molar-refractivity contribution in [3.63, 3.8) is 0 Å². The SMILES string of the molecule is CCCOC(=O)c1nc2ccccc2nc1Sc1nnc(N)s1. The predicted molar refractivity (Wildman–Crippen MR) is 88.6 cm³/mol. The molecule has 0 atom stereocenters. The number of anilines is 1. The number of rotatable bonds is 5. The molecule has 0 aliphatic heterocycles. The second-order valence-electron chi connectivity index (χ2n) is 4.51. The van der Waals surface area contributed by atoms with Gasteiger partial charge in [0.2, 0.25) is 5.13 Å². The summed E-state index contributed by atoms with van der Waals surface area (Å²) in [6.45, 7) is 2.27. The zero-order valence-electron chi connectivity index (χ0n) is 12.2. The van der Waals surface area contributed by atoms with Gasteiger partial charge in [-0.3, -0.25) is 0 Å². The molecule has 0 radical (unpaired) electrons. The maximum Gasteiger partial charge on any atom is 0.359 e. The van der Waals surface area contributed by atoms with Crippen molar-refractivity contribution in [2.45, 2.75) is 22.7 Å². The van der Waals surface area contributed by atoms with E-state index in [0.717, 1.165) is 6.42 Å². The summed E-state index contributed by atoms with van der Waals surface area (Å²) in [7, 11) is 0. The van der Waals surface area contributed by atoms with Gasteiger partial charge in [-0.2, -0.15) is 0 Å². The summed E-state index contributed by atoms with van der Waals surface area (Å²) in [5, 5.41) is 8.49. The fourth-order valence-electron chi connectivity index (χ4n) is 1.80. The molecule has 23 heavy (non-hydrogen) atoms. The van der Waals surface area contributed by atoms with Crippen LogP contribution in [0.3, 0.4) is 0 Å². The molecule has 0 unspecified atom stereocenters. The minimum atomic E-state index is -0.495. The van der Waals surface area contributed by atoms with Gasteiger partial charge >= 0.3 is 5.97 Å². The highest BCUT2D eigenvalue weighted by molar-refractivity contribution is 8.01. The zero-order valence-corrected chi connectivity index (χ0v) is 13.9. The lowest BCUT2D eigenvalue weighted by molar-refractivity contribution is 0.0493. The van der Waals surface area contributed by atoms with E-state index < -0.39 is 5.97 Å². The van der Waals surface area contributed by atoms with Crippen LogP contribution in [-0.2, 0) is 4.74 Å². The Balaban J connectivity index is 2.03. The van der Waals surface area contributed by atoms with Crippen molar-refractivity contribution < 1.29 is 9.53 Å². The van der Waals surface area contributed by atoms with E-state index in [-0.39, 0.29) is 5.69 Å². The fourth-order valence-corrected chi connectivity index (χ4v) is 3.41. The largest absolute Gasteiger partial charge is 0.461 e. The van der Waals surface area contributed by atoms with Crippen molar-refractivity contribution in [3.05, 3.63) is 30.0 Å². The van der Waals surface area contributed by atoms with E-state index in [4.69, 9.17) is 10.5 Å². The molecule has 0 saturated heterocycles. The molecule has 0 saturated carbocycles. The number of fused-ring (bicyclic) bond motifs is 1. The lowest BCUT2D eigenvalue weighted by Crippen LogP contribution is -2.11. The van der Waals surface area contributed by atoms with Crippen molar-refractivity contribution in [2.75, 3.05) is 12.3 Å². The highest BCUT2D eigenvalue weighted by Crippen LogP contribution is 2.32. The number of hydrogen-bond acceptors (Lipinski definition) is 9. The van der Waals surface area contributed by atoms with Gasteiger partial charge in [-0.15, -0.1) is 10.2 Å². The summed E-state index contributed by atoms with van der Waals surface area (Å²) >= 11 is 2.43. The minimum absolute atomic E-state index is 0.177. The van der Waals surface area contributed by atoms with E-state index in [1.165, 1.54) is 23.1 Å². The van der Waals surface area contributed by atoms with Crippen LogP contribution >= 0.6 is 23.1 Å². The summed E-state index contributed by atoms with van der Waals surface area (Å²) in [6.07, 6.45) is 0.738. The minimum Gasteiger partial charge on any atom is -0.461 e. The Labute approximate surface area is 140 Å². The van der Waals surface area contributed by atoms with Crippen LogP contribution in [0.4, 0.5) is 5.13 Å². The van der Waals surface area contributed by atoms with Gasteiger partial charge in [0.1, 0.15) is 5.03 Å². The van der Waals surface area contributed by atoms with Crippen molar-refractivity contribution >= 4 is 45.2 Å². The van der Waals surface area contributed by atoms with Crippen LogP contribution < -0.4 is 5.73 Å². The highest BCUT2D eigenvalue weighted by atomic mass is 32.2. The number of carbonyl (C=O) groups is 1. The van der Waals surface area contributed by atoms with Crippen LogP contribution in [0.5, 0.6) is 0 Å². The normalized spacial score (nSPS) is 10.8. The summed E-state index contributed by atoms with van der Waals surface area (Å²) in [6, 6.07) is 7.35. The number of aromatic nitrogens is 4. The number of nitrogens with zero attached hydrogens (tertiary/aromatic N) is 4. The molecule has 2 aromatic heterocycles. The average Bonchev–Trinajstić information content (AvgIpc) is 2.97. The molecule has 0 aliphatic carbocycles. The first-order valence-corrected chi connectivity index (χ1v) is 8.51. The van der Waals surface area contributed by atoms with Crippen LogP contribution in [-0.4, -0.2) is 32.7 Å². The topological polar surface area (TPSA) is 104 Å². The lowest BCUT2D eigenvalue weighted by Gasteiger charge is -2.08. The lowest BCUT2D eigenvalue weighted by atomic mass is 10.3. The first kappa shape index (κ1) is 15.6. The molecule has 2 heterocycles. The second-order valence-corrected chi connectivity index (χ2v) is 6.76. The van der Waals surface area contributed by atoms with E-state index in [2.05, 4.69) is 20.2 Å². The van der Waals surface area contributed by atoms with Crippen LogP contribution in [0.2, 0.25) is 0 Å². The first-order valence-electron chi connectivity index (χ1n) is 6.88. The molecule has 0 amide bonds. The van der Waals surface area contributed by atoms with Gasteiger partial charge in [0.15, 0.2) is 10.0 Å². The summed E-state index contributed by atoms with van der Waals surface area (Å²) in [5.41, 5.74) is 7.10. The predicted octanol–water partition coefficient (Wildman–Crippen LogP) is 2.78. The average molecular weight is 347 g/mol. The molecule has 0 spiro atoms. The standard InChI is InChI=1S/C14H13N5O2S2/c1-2-7-21-12(20)10-11(22-14-19-18-13(15)23-14)17-9-6-4-3-5-8(9)16-10/h3-6H,2,7H2,1H3,(H2,15,18). The van der Waals surface area contributed by atoms with Crippen molar-refractivity contribution in [3.8, 4) is 0 Å². The molecule has 3 rings (SSSR count). The quantitative estimate of drug-likeness (QED) is 0.703. The maximum absolute atomic E-state index is 12.3. The number of hydrogen-bond donors (Lipinski definition) is 1. The highest BCUT2D eigenvalue weighted by Gasteiger charge is 2.20. The third kappa shape index (κ3) is 3.57. The molecule has 0 fully saturated rings. The summed E-state index contributed by atoms with van der Waals surface area (Å²) < 4.78 is 5.79. The van der Waals surface area contributed by atoms with Crippen LogP contribution in [0.1, 0.15) is 23.8 Å². The molecule has 118 valence electrons. The smallest absolute Gasteiger partial charge is 0.359 e. The molecule has 2 N–H and O–H groups in total. The number of esters is 1. The van der Waals surface area contributed by atoms with Gasteiger partial charge in [0.25, 0.3) is 0 Å². The Kier molecular flexibility index (Phi) is 4.68. The van der Waals surface area contributed by atoms with Gasteiger partial charge in [-0.05, 0) is 30.3 Å². The van der Waals surface area contributed by atoms with Crippen molar-refractivity contribution in [2.24, 2.45) is 0 Å². The van der Waals surface area contributed by atoms with Crippen molar-refractivity contribution in [1.29, 1.82) is 0 Å². The van der Waals surface area contributed by atoms with E-state index in [9.17, 15) is 4.79 Å². The number of carbonyl (C=O) groups excluding carboxylic acids is 1. The van der Waals surface area contributed by atoms with E-state index >= 15 is 0 Å². The molecule has 1 aromatic carbocycles. The van der Waals surface area contributed by atoms with Crippen LogP contribution in [0.15, 0.2) is 33.6 Å². The number of nitrogen functional groups attached to an aromatic ring is 1. The number of ether oxygens (including phenoxy) is 1. The number of para-hydroxylation sites is 2.